The maximum absolute atomic E-state index is 10.3. The van der Waals surface area contributed by atoms with E-state index in [1.165, 1.54) is 141 Å². The Hall–Kier alpha value is -1.66. The summed E-state index contributed by atoms with van der Waals surface area (Å²) in [5, 5.41) is 17.0. The van der Waals surface area contributed by atoms with Gasteiger partial charge in [0.15, 0.2) is 0 Å². The second kappa shape index (κ2) is 43.8. The molecule has 0 spiro atoms. The van der Waals surface area contributed by atoms with Gasteiger partial charge in [-0.05, 0) is 64.2 Å². The third kappa shape index (κ3) is 51.1. The zero-order valence-electron chi connectivity index (χ0n) is 28.2. The summed E-state index contributed by atoms with van der Waals surface area (Å²) in [6, 6.07) is 0. The summed E-state index contributed by atoms with van der Waals surface area (Å²) in [5.74, 6) is -1.33. The first-order valence-corrected chi connectivity index (χ1v) is 17.3. The van der Waals surface area contributed by atoms with Gasteiger partial charge >= 0.3 is 11.9 Å². The van der Waals surface area contributed by atoms with Gasteiger partial charge in [0.2, 0.25) is 0 Å². The molecule has 0 saturated carbocycles. The highest BCUT2D eigenvalue weighted by atomic mass is 16.4. The van der Waals surface area contributed by atoms with Crippen molar-refractivity contribution in [3.05, 3.63) is 24.3 Å². The minimum Gasteiger partial charge on any atom is -0.481 e. The molecule has 0 aromatic rings. The number of unbranched alkanes of at least 4 members (excludes halogenated alkanes) is 22. The molecule has 0 radical (unpaired) electrons. The molecule has 0 aromatic carbocycles. The standard InChI is InChI=1S/2C18H34O2.2H3N/c2*1-2-3-4-5-6-7-8-9-10-11-12-13-14-15-16-17-18(19)20;;/h2*9-10H,2-8,11-17H2,1H3,(H,19,20);2*1H3/b2*10-9-;;. The molecular weight excluding hydrogens is 524 g/mol. The summed E-state index contributed by atoms with van der Waals surface area (Å²) in [6.45, 7) is 4.52. The fraction of sp³-hybridized carbons (Fsp3) is 0.833. The lowest BCUT2D eigenvalue weighted by molar-refractivity contribution is -0.138. The van der Waals surface area contributed by atoms with Crippen molar-refractivity contribution in [2.75, 3.05) is 0 Å². The van der Waals surface area contributed by atoms with Gasteiger partial charge in [-0.3, -0.25) is 9.59 Å². The smallest absolute Gasteiger partial charge is 0.303 e. The molecule has 8 N–H and O–H groups in total. The predicted octanol–water partition coefficient (Wildman–Crippen LogP) is 12.5. The molecule has 0 heterocycles. The van der Waals surface area contributed by atoms with Crippen molar-refractivity contribution in [1.82, 2.24) is 12.3 Å². The van der Waals surface area contributed by atoms with Crippen LogP contribution >= 0.6 is 0 Å². The molecular formula is C36H74N2O4. The molecule has 0 saturated heterocycles. The molecule has 6 nitrogen and oxygen atoms in total. The predicted molar refractivity (Wildman–Crippen MR) is 184 cm³/mol. The molecule has 252 valence electrons. The summed E-state index contributed by atoms with van der Waals surface area (Å²) in [5.41, 5.74) is 0. The van der Waals surface area contributed by atoms with Crippen molar-refractivity contribution >= 4 is 11.9 Å². The van der Waals surface area contributed by atoms with Gasteiger partial charge in [0.05, 0.1) is 0 Å². The molecule has 0 amide bonds. The Morgan fingerprint density at radius 1 is 0.381 bits per heavy atom. The van der Waals surface area contributed by atoms with Crippen LogP contribution < -0.4 is 12.3 Å². The third-order valence-corrected chi connectivity index (χ3v) is 7.30. The van der Waals surface area contributed by atoms with Crippen molar-refractivity contribution in [2.24, 2.45) is 0 Å². The average molecular weight is 599 g/mol. The van der Waals surface area contributed by atoms with Gasteiger partial charge in [-0.1, -0.05) is 141 Å². The lowest BCUT2D eigenvalue weighted by Gasteiger charge is -1.99. The Morgan fingerprint density at radius 2 is 0.595 bits per heavy atom. The van der Waals surface area contributed by atoms with Crippen LogP contribution in [0.3, 0.4) is 0 Å². The van der Waals surface area contributed by atoms with E-state index in [1.807, 2.05) is 0 Å². The number of hydrogen-bond donors (Lipinski definition) is 4. The van der Waals surface area contributed by atoms with E-state index < -0.39 is 11.9 Å². The second-order valence-corrected chi connectivity index (χ2v) is 11.5. The topological polar surface area (TPSA) is 145 Å². The van der Waals surface area contributed by atoms with Crippen LogP contribution in [0.5, 0.6) is 0 Å². The Balaban J connectivity index is -0.000000328. The van der Waals surface area contributed by atoms with E-state index in [-0.39, 0.29) is 12.3 Å². The van der Waals surface area contributed by atoms with Crippen molar-refractivity contribution < 1.29 is 19.8 Å². The Kier molecular flexibility index (Phi) is 49.3. The van der Waals surface area contributed by atoms with Crippen LogP contribution in [0.1, 0.15) is 194 Å². The quantitative estimate of drug-likeness (QED) is 0.0478. The Morgan fingerprint density at radius 3 is 0.833 bits per heavy atom. The van der Waals surface area contributed by atoms with Gasteiger partial charge in [-0.2, -0.15) is 0 Å². The molecule has 0 aliphatic carbocycles. The van der Waals surface area contributed by atoms with E-state index in [0.717, 1.165) is 25.7 Å². The number of carboxylic acids is 2. The third-order valence-electron chi connectivity index (χ3n) is 7.30. The summed E-state index contributed by atoms with van der Waals surface area (Å²) in [4.78, 5) is 20.6. The van der Waals surface area contributed by atoms with Crippen molar-refractivity contribution in [1.29, 1.82) is 0 Å². The zero-order valence-corrected chi connectivity index (χ0v) is 28.2. The Labute approximate surface area is 261 Å². The fourth-order valence-electron chi connectivity index (χ4n) is 4.69. The first-order chi connectivity index (χ1) is 19.5. The molecule has 0 bridgehead atoms. The molecule has 0 aromatic heterocycles. The number of aliphatic carboxylic acids is 2. The SMILES string of the molecule is CCCCCCCC/C=C\CCCCCCCC(=O)O.CCCCCCCC/C=C\CCCCCCCC(=O)O.N.N. The molecule has 0 unspecified atom stereocenters. The van der Waals surface area contributed by atoms with Crippen LogP contribution in [0.4, 0.5) is 0 Å². The van der Waals surface area contributed by atoms with Gasteiger partial charge in [-0.25, -0.2) is 0 Å². The van der Waals surface area contributed by atoms with Crippen LogP contribution in [0.2, 0.25) is 0 Å². The highest BCUT2D eigenvalue weighted by Crippen LogP contribution is 2.11. The molecule has 6 heteroatoms. The van der Waals surface area contributed by atoms with Crippen LogP contribution in [-0.4, -0.2) is 22.2 Å². The number of carboxylic acid groups (broad SMARTS) is 2. The molecule has 0 rings (SSSR count). The fourth-order valence-corrected chi connectivity index (χ4v) is 4.69. The lowest BCUT2D eigenvalue weighted by Crippen LogP contribution is -1.93. The monoisotopic (exact) mass is 599 g/mol. The van der Waals surface area contributed by atoms with Crippen LogP contribution in [-0.2, 0) is 9.59 Å². The van der Waals surface area contributed by atoms with E-state index >= 15 is 0 Å². The van der Waals surface area contributed by atoms with E-state index in [1.54, 1.807) is 0 Å². The van der Waals surface area contributed by atoms with Crippen molar-refractivity contribution in [3.8, 4) is 0 Å². The van der Waals surface area contributed by atoms with Crippen molar-refractivity contribution in [2.45, 2.75) is 194 Å². The zero-order chi connectivity index (χ0) is 29.8. The second-order valence-electron chi connectivity index (χ2n) is 11.5. The number of allylic oxidation sites excluding steroid dienone is 4. The van der Waals surface area contributed by atoms with Gasteiger partial charge in [0, 0.05) is 12.8 Å². The van der Waals surface area contributed by atoms with Crippen LogP contribution in [0.15, 0.2) is 24.3 Å². The maximum atomic E-state index is 10.3. The highest BCUT2D eigenvalue weighted by molar-refractivity contribution is 5.66. The summed E-state index contributed by atoms with van der Waals surface area (Å²) >= 11 is 0. The number of rotatable bonds is 30. The molecule has 42 heavy (non-hydrogen) atoms. The van der Waals surface area contributed by atoms with Crippen molar-refractivity contribution in [3.63, 3.8) is 0 Å². The molecule has 0 fully saturated rings. The first-order valence-electron chi connectivity index (χ1n) is 17.3. The van der Waals surface area contributed by atoms with Gasteiger partial charge < -0.3 is 22.5 Å². The van der Waals surface area contributed by atoms with E-state index in [9.17, 15) is 9.59 Å². The van der Waals surface area contributed by atoms with Crippen LogP contribution in [0.25, 0.3) is 0 Å². The average Bonchev–Trinajstić information content (AvgIpc) is 2.93. The minimum atomic E-state index is -0.664. The molecule has 0 aliphatic rings. The number of hydrogen-bond acceptors (Lipinski definition) is 4. The maximum Gasteiger partial charge on any atom is 0.303 e. The van der Waals surface area contributed by atoms with E-state index in [2.05, 4.69) is 38.2 Å². The summed E-state index contributed by atoms with van der Waals surface area (Å²) in [7, 11) is 0. The largest absolute Gasteiger partial charge is 0.481 e. The molecule has 0 atom stereocenters. The lowest BCUT2D eigenvalue weighted by atomic mass is 10.1. The summed E-state index contributed by atoms with van der Waals surface area (Å²) in [6.07, 6.45) is 42.5. The number of carbonyl (C=O) groups is 2. The first kappa shape index (κ1) is 47.3. The highest BCUT2D eigenvalue weighted by Gasteiger charge is 1.97. The minimum absolute atomic E-state index is 0. The van der Waals surface area contributed by atoms with Gasteiger partial charge in [-0.15, -0.1) is 0 Å². The van der Waals surface area contributed by atoms with Crippen LogP contribution in [0, 0.1) is 0 Å². The van der Waals surface area contributed by atoms with E-state index in [4.69, 9.17) is 10.2 Å². The van der Waals surface area contributed by atoms with Gasteiger partial charge in [0.1, 0.15) is 0 Å². The Bertz CT molecular complexity index is 529. The van der Waals surface area contributed by atoms with E-state index in [0.29, 0.717) is 12.8 Å². The normalized spacial score (nSPS) is 10.7. The van der Waals surface area contributed by atoms with Gasteiger partial charge in [0.25, 0.3) is 0 Å². The summed E-state index contributed by atoms with van der Waals surface area (Å²) < 4.78 is 0. The molecule has 0 aliphatic heterocycles.